The molecule has 17 heavy (non-hydrogen) atoms. The van der Waals surface area contributed by atoms with Gasteiger partial charge in [0.15, 0.2) is 11.6 Å². The minimum absolute atomic E-state index is 0.0285. The first-order valence-electron chi connectivity index (χ1n) is 4.93. The van der Waals surface area contributed by atoms with Gasteiger partial charge in [-0.3, -0.25) is 4.79 Å². The van der Waals surface area contributed by atoms with Crippen LogP contribution in [0.5, 0.6) is 5.75 Å². The normalized spacial score (nSPS) is 12.0. The Morgan fingerprint density at radius 1 is 1.47 bits per heavy atom. The topological polar surface area (TPSA) is 61.5 Å². The summed E-state index contributed by atoms with van der Waals surface area (Å²) in [6.45, 7) is -0.0579. The lowest BCUT2D eigenvalue weighted by atomic mass is 10.2. The molecule has 4 nitrogen and oxygen atoms in total. The van der Waals surface area contributed by atoms with Gasteiger partial charge >= 0.3 is 5.97 Å². The monoisotopic (exact) mass is 245 g/mol. The van der Waals surface area contributed by atoms with E-state index in [9.17, 15) is 13.6 Å². The molecular formula is C11H13F2NO3. The van der Waals surface area contributed by atoms with Gasteiger partial charge < -0.3 is 15.2 Å². The molecule has 0 radical (unpaired) electrons. The number of methoxy groups -OCH3 is 1. The van der Waals surface area contributed by atoms with E-state index < -0.39 is 23.6 Å². The largest absolute Gasteiger partial charge is 0.489 e. The maximum atomic E-state index is 13.1. The molecule has 6 heteroatoms. The maximum Gasteiger partial charge on any atom is 0.307 e. The first-order valence-corrected chi connectivity index (χ1v) is 4.93. The van der Waals surface area contributed by atoms with Gasteiger partial charge in [-0.2, -0.15) is 0 Å². The molecule has 0 amide bonds. The van der Waals surface area contributed by atoms with Gasteiger partial charge in [-0.15, -0.1) is 0 Å². The lowest BCUT2D eigenvalue weighted by molar-refractivity contribution is -0.141. The SMILES string of the molecule is COC(=O)CC(N)COc1ccc(F)cc1F. The smallest absolute Gasteiger partial charge is 0.307 e. The van der Waals surface area contributed by atoms with Crippen LogP contribution in [-0.2, 0) is 9.53 Å². The lowest BCUT2D eigenvalue weighted by Gasteiger charge is -2.12. The lowest BCUT2D eigenvalue weighted by Crippen LogP contribution is -2.31. The highest BCUT2D eigenvalue weighted by Crippen LogP contribution is 2.17. The third-order valence-corrected chi connectivity index (χ3v) is 2.00. The van der Waals surface area contributed by atoms with Crippen molar-refractivity contribution >= 4 is 5.97 Å². The highest BCUT2D eigenvalue weighted by Gasteiger charge is 2.12. The van der Waals surface area contributed by atoms with E-state index >= 15 is 0 Å². The summed E-state index contributed by atoms with van der Waals surface area (Å²) in [4.78, 5) is 10.9. The Morgan fingerprint density at radius 3 is 2.76 bits per heavy atom. The van der Waals surface area contributed by atoms with Gasteiger partial charge in [0.2, 0.25) is 0 Å². The van der Waals surface area contributed by atoms with Crippen LogP contribution >= 0.6 is 0 Å². The summed E-state index contributed by atoms with van der Waals surface area (Å²) in [6.07, 6.45) is -0.0285. The van der Waals surface area contributed by atoms with Crippen LogP contribution in [0.1, 0.15) is 6.42 Å². The molecule has 94 valence electrons. The molecule has 0 fully saturated rings. The fraction of sp³-hybridized carbons (Fsp3) is 0.364. The summed E-state index contributed by atoms with van der Waals surface area (Å²) in [6, 6.07) is 2.34. The number of esters is 1. The molecule has 1 aromatic rings. The Balaban J connectivity index is 2.47. The summed E-state index contributed by atoms with van der Waals surface area (Å²) >= 11 is 0. The van der Waals surface area contributed by atoms with Crippen molar-refractivity contribution in [2.45, 2.75) is 12.5 Å². The zero-order valence-corrected chi connectivity index (χ0v) is 9.28. The highest BCUT2D eigenvalue weighted by atomic mass is 19.1. The highest BCUT2D eigenvalue weighted by molar-refractivity contribution is 5.69. The molecule has 2 N–H and O–H groups in total. The molecule has 0 saturated carbocycles. The Bertz CT molecular complexity index is 398. The molecule has 0 spiro atoms. The molecule has 0 aromatic heterocycles. The molecule has 0 aliphatic carbocycles. The van der Waals surface area contributed by atoms with Gasteiger partial charge in [0.05, 0.1) is 13.5 Å². The van der Waals surface area contributed by atoms with E-state index in [0.29, 0.717) is 6.07 Å². The minimum Gasteiger partial charge on any atom is -0.489 e. The summed E-state index contributed by atoms with van der Waals surface area (Å²) in [5, 5.41) is 0. The molecule has 0 aliphatic heterocycles. The Kier molecular flexibility index (Phi) is 4.84. The van der Waals surface area contributed by atoms with Gasteiger partial charge in [-0.05, 0) is 12.1 Å². The number of ether oxygens (including phenoxy) is 2. The van der Waals surface area contributed by atoms with Crippen LogP contribution in [0, 0.1) is 11.6 Å². The third-order valence-electron chi connectivity index (χ3n) is 2.00. The average Bonchev–Trinajstić information content (AvgIpc) is 2.27. The van der Waals surface area contributed by atoms with Crippen molar-refractivity contribution in [1.82, 2.24) is 0 Å². The van der Waals surface area contributed by atoms with Gasteiger partial charge in [0.1, 0.15) is 12.4 Å². The number of nitrogens with two attached hydrogens (primary N) is 1. The summed E-state index contributed by atoms with van der Waals surface area (Å²) in [5.41, 5.74) is 5.56. The van der Waals surface area contributed by atoms with Crippen molar-refractivity contribution in [3.8, 4) is 5.75 Å². The van der Waals surface area contributed by atoms with Crippen molar-refractivity contribution in [2.75, 3.05) is 13.7 Å². The quantitative estimate of drug-likeness (QED) is 0.793. The Morgan fingerprint density at radius 2 is 2.18 bits per heavy atom. The number of hydrogen-bond donors (Lipinski definition) is 1. The maximum absolute atomic E-state index is 13.1. The summed E-state index contributed by atoms with van der Waals surface area (Å²) in [7, 11) is 1.25. The van der Waals surface area contributed by atoms with Crippen molar-refractivity contribution in [3.05, 3.63) is 29.8 Å². The number of carbonyl (C=O) groups excluding carboxylic acids is 1. The number of halogens is 2. The van der Waals surface area contributed by atoms with E-state index in [1.165, 1.54) is 7.11 Å². The van der Waals surface area contributed by atoms with E-state index in [-0.39, 0.29) is 18.8 Å². The standard InChI is InChI=1S/C11H13F2NO3/c1-16-11(15)5-8(14)6-17-10-3-2-7(12)4-9(10)13/h2-4,8H,5-6,14H2,1H3. The average molecular weight is 245 g/mol. The van der Waals surface area contributed by atoms with E-state index in [1.54, 1.807) is 0 Å². The van der Waals surface area contributed by atoms with E-state index in [4.69, 9.17) is 10.5 Å². The van der Waals surface area contributed by atoms with E-state index in [2.05, 4.69) is 4.74 Å². The fourth-order valence-corrected chi connectivity index (χ4v) is 1.15. The first kappa shape index (κ1) is 13.4. The molecule has 0 bridgehead atoms. The number of carbonyl (C=O) groups is 1. The first-order chi connectivity index (χ1) is 8.02. The van der Waals surface area contributed by atoms with Crippen LogP contribution in [0.25, 0.3) is 0 Å². The molecule has 0 saturated heterocycles. The second kappa shape index (κ2) is 6.15. The van der Waals surface area contributed by atoms with Crippen LogP contribution in [0.15, 0.2) is 18.2 Å². The Hall–Kier alpha value is -1.69. The Labute approximate surface area is 97.3 Å². The molecule has 1 atom stereocenters. The van der Waals surface area contributed by atoms with Gasteiger partial charge in [0, 0.05) is 12.1 Å². The minimum atomic E-state index is -0.810. The zero-order chi connectivity index (χ0) is 12.8. The van der Waals surface area contributed by atoms with Crippen molar-refractivity contribution in [1.29, 1.82) is 0 Å². The van der Waals surface area contributed by atoms with Crippen LogP contribution in [0.2, 0.25) is 0 Å². The predicted molar refractivity (Wildman–Crippen MR) is 56.5 cm³/mol. The van der Waals surface area contributed by atoms with Crippen LogP contribution in [0.3, 0.4) is 0 Å². The number of hydrogen-bond acceptors (Lipinski definition) is 4. The van der Waals surface area contributed by atoms with Crippen LogP contribution in [0.4, 0.5) is 8.78 Å². The van der Waals surface area contributed by atoms with Crippen molar-refractivity contribution in [2.24, 2.45) is 5.73 Å². The summed E-state index contributed by atoms with van der Waals surface area (Å²) < 4.78 is 35.2. The van der Waals surface area contributed by atoms with Crippen molar-refractivity contribution < 1.29 is 23.0 Å². The summed E-state index contributed by atoms with van der Waals surface area (Å²) in [5.74, 6) is -2.07. The second-order valence-corrected chi connectivity index (χ2v) is 3.43. The van der Waals surface area contributed by atoms with Crippen molar-refractivity contribution in [3.63, 3.8) is 0 Å². The second-order valence-electron chi connectivity index (χ2n) is 3.43. The van der Waals surface area contributed by atoms with Gasteiger partial charge in [0.25, 0.3) is 0 Å². The van der Waals surface area contributed by atoms with Crippen LogP contribution in [-0.4, -0.2) is 25.7 Å². The fourth-order valence-electron chi connectivity index (χ4n) is 1.15. The molecule has 1 unspecified atom stereocenters. The number of rotatable bonds is 5. The zero-order valence-electron chi connectivity index (χ0n) is 9.28. The number of benzene rings is 1. The molecule has 1 rings (SSSR count). The predicted octanol–water partition coefficient (Wildman–Crippen LogP) is 1.23. The van der Waals surface area contributed by atoms with Crippen LogP contribution < -0.4 is 10.5 Å². The van der Waals surface area contributed by atoms with Gasteiger partial charge in [-0.25, -0.2) is 8.78 Å². The van der Waals surface area contributed by atoms with E-state index in [0.717, 1.165) is 12.1 Å². The molecular weight excluding hydrogens is 232 g/mol. The van der Waals surface area contributed by atoms with E-state index in [1.807, 2.05) is 0 Å². The third kappa shape index (κ3) is 4.36. The molecule has 0 heterocycles. The van der Waals surface area contributed by atoms with Gasteiger partial charge in [-0.1, -0.05) is 0 Å². The molecule has 1 aromatic carbocycles. The molecule has 0 aliphatic rings.